The molecule has 0 spiro atoms. The maximum atomic E-state index is 10.7. The molecule has 23 heavy (non-hydrogen) atoms. The van der Waals surface area contributed by atoms with E-state index in [0.29, 0.717) is 0 Å². The van der Waals surface area contributed by atoms with Crippen molar-refractivity contribution in [3.8, 4) is 0 Å². The van der Waals surface area contributed by atoms with Crippen LogP contribution in [0.1, 0.15) is 71.6 Å². The molecule has 0 aromatic rings. The Hall–Kier alpha value is -1.57. The molecule has 0 rings (SSSR count). The lowest BCUT2D eigenvalue weighted by atomic mass is 10.1. The summed E-state index contributed by atoms with van der Waals surface area (Å²) in [4.78, 5) is 10.7. The van der Waals surface area contributed by atoms with Crippen molar-refractivity contribution in [3.63, 3.8) is 0 Å². The monoisotopic (exact) mass is 318 g/mol. The van der Waals surface area contributed by atoms with Gasteiger partial charge in [-0.15, -0.1) is 0 Å². The highest BCUT2D eigenvalue weighted by Gasteiger charge is 2.08. The first-order valence-corrected chi connectivity index (χ1v) is 9.01. The summed E-state index contributed by atoms with van der Waals surface area (Å²) in [6, 6.07) is 0. The van der Waals surface area contributed by atoms with Crippen LogP contribution in [0.2, 0.25) is 0 Å². The first kappa shape index (κ1) is 21.4. The molecule has 2 nitrogen and oxygen atoms in total. The highest BCUT2D eigenvalue weighted by atomic mass is 16.4. The summed E-state index contributed by atoms with van der Waals surface area (Å²) in [6.07, 6.45) is 27.1. The molecule has 130 valence electrons. The number of carbonyl (C=O) groups is 1. The fourth-order valence-corrected chi connectivity index (χ4v) is 2.06. The molecule has 0 saturated carbocycles. The van der Waals surface area contributed by atoms with E-state index >= 15 is 0 Å². The summed E-state index contributed by atoms with van der Waals surface area (Å²) in [5.74, 6) is -0.932. The van der Waals surface area contributed by atoms with Gasteiger partial charge in [0.25, 0.3) is 0 Å². The van der Waals surface area contributed by atoms with Gasteiger partial charge in [0.05, 0.1) is 5.92 Å². The molecule has 0 bridgehead atoms. The molecule has 0 aliphatic heterocycles. The average molecular weight is 319 g/mol. The van der Waals surface area contributed by atoms with Crippen LogP contribution in [0.3, 0.4) is 0 Å². The Morgan fingerprint density at radius 1 is 0.826 bits per heavy atom. The second-order valence-corrected chi connectivity index (χ2v) is 5.87. The Kier molecular flexibility index (Phi) is 15.6. The van der Waals surface area contributed by atoms with Crippen LogP contribution in [0.15, 0.2) is 48.6 Å². The first-order valence-electron chi connectivity index (χ1n) is 9.01. The van der Waals surface area contributed by atoms with Gasteiger partial charge in [-0.1, -0.05) is 62.5 Å². The van der Waals surface area contributed by atoms with Crippen LogP contribution >= 0.6 is 0 Å². The van der Waals surface area contributed by atoms with E-state index in [1.54, 1.807) is 6.92 Å². The predicted octanol–water partition coefficient (Wildman–Crippen LogP) is 6.46. The van der Waals surface area contributed by atoms with Crippen LogP contribution in [0.25, 0.3) is 0 Å². The van der Waals surface area contributed by atoms with Gasteiger partial charge in [0.1, 0.15) is 0 Å². The largest absolute Gasteiger partial charge is 0.481 e. The van der Waals surface area contributed by atoms with Crippen molar-refractivity contribution in [1.29, 1.82) is 0 Å². The zero-order chi connectivity index (χ0) is 17.2. The number of allylic oxidation sites excluding steroid dienone is 8. The molecule has 1 unspecified atom stereocenters. The van der Waals surface area contributed by atoms with E-state index in [-0.39, 0.29) is 5.92 Å². The Bertz CT molecular complexity index is 389. The van der Waals surface area contributed by atoms with Gasteiger partial charge in [0.15, 0.2) is 0 Å². The van der Waals surface area contributed by atoms with Gasteiger partial charge in [-0.05, 0) is 57.8 Å². The quantitative estimate of drug-likeness (QED) is 0.294. The fourth-order valence-electron chi connectivity index (χ4n) is 2.06. The molecule has 0 aliphatic carbocycles. The summed E-state index contributed by atoms with van der Waals surface area (Å²) < 4.78 is 0. The highest BCUT2D eigenvalue weighted by molar-refractivity contribution is 5.69. The Morgan fingerprint density at radius 2 is 1.30 bits per heavy atom. The smallest absolute Gasteiger partial charge is 0.306 e. The third kappa shape index (κ3) is 16.6. The first-order chi connectivity index (χ1) is 11.2. The van der Waals surface area contributed by atoms with Crippen LogP contribution in [0.5, 0.6) is 0 Å². The topological polar surface area (TPSA) is 37.3 Å². The van der Waals surface area contributed by atoms with Crippen molar-refractivity contribution >= 4 is 5.97 Å². The lowest BCUT2D eigenvalue weighted by molar-refractivity contribution is -0.141. The van der Waals surface area contributed by atoms with Gasteiger partial charge in [0, 0.05) is 0 Å². The van der Waals surface area contributed by atoms with E-state index in [1.807, 2.05) is 0 Å². The van der Waals surface area contributed by atoms with E-state index < -0.39 is 5.97 Å². The summed E-state index contributed by atoms with van der Waals surface area (Å²) in [6.45, 7) is 3.91. The maximum Gasteiger partial charge on any atom is 0.306 e. The molecular formula is C21H34O2. The second-order valence-electron chi connectivity index (χ2n) is 5.87. The third-order valence-electron chi connectivity index (χ3n) is 3.63. The number of hydrogen-bond donors (Lipinski definition) is 1. The molecule has 1 atom stereocenters. The molecule has 0 fully saturated rings. The van der Waals surface area contributed by atoms with Crippen molar-refractivity contribution in [3.05, 3.63) is 48.6 Å². The molecular weight excluding hydrogens is 284 g/mol. The molecule has 0 radical (unpaired) electrons. The molecule has 0 aromatic carbocycles. The van der Waals surface area contributed by atoms with Crippen molar-refractivity contribution in [2.45, 2.75) is 71.6 Å². The Labute approximate surface area is 142 Å². The van der Waals surface area contributed by atoms with E-state index in [2.05, 4.69) is 55.5 Å². The Morgan fingerprint density at radius 3 is 1.87 bits per heavy atom. The molecule has 1 N–H and O–H groups in total. The van der Waals surface area contributed by atoms with Crippen molar-refractivity contribution in [2.75, 3.05) is 0 Å². The van der Waals surface area contributed by atoms with Gasteiger partial charge in [-0.3, -0.25) is 4.79 Å². The van der Waals surface area contributed by atoms with E-state index in [0.717, 1.165) is 44.9 Å². The van der Waals surface area contributed by atoms with Crippen LogP contribution in [0.4, 0.5) is 0 Å². The minimum absolute atomic E-state index is 0.235. The lowest BCUT2D eigenvalue weighted by Crippen LogP contribution is -2.08. The SMILES string of the molecule is CCC=CCC=CCC=CCCCCC=CCCC(C)C(=O)O. The van der Waals surface area contributed by atoms with Crippen molar-refractivity contribution < 1.29 is 9.90 Å². The number of hydrogen-bond acceptors (Lipinski definition) is 1. The van der Waals surface area contributed by atoms with Crippen molar-refractivity contribution in [2.24, 2.45) is 5.92 Å². The van der Waals surface area contributed by atoms with E-state index in [1.165, 1.54) is 12.8 Å². The molecule has 0 saturated heterocycles. The Balaban J connectivity index is 3.40. The number of unbranched alkanes of at least 4 members (excludes halogenated alkanes) is 3. The van der Waals surface area contributed by atoms with E-state index in [9.17, 15) is 4.79 Å². The standard InChI is InChI=1S/C21H34O2/c1-3-4-5-6-7-8-9-10-11-12-13-14-15-16-17-18-19-20(2)21(22)23/h4-5,7-8,10-11,16-17,20H,3,6,9,12-15,18-19H2,1-2H3,(H,22,23). The number of carboxylic acid groups (broad SMARTS) is 1. The summed E-state index contributed by atoms with van der Waals surface area (Å²) in [7, 11) is 0. The normalized spacial score (nSPS) is 13.8. The van der Waals surface area contributed by atoms with Crippen molar-refractivity contribution in [1.82, 2.24) is 0 Å². The summed E-state index contributed by atoms with van der Waals surface area (Å²) in [5, 5.41) is 8.77. The zero-order valence-corrected chi connectivity index (χ0v) is 14.9. The van der Waals surface area contributed by atoms with Gasteiger partial charge < -0.3 is 5.11 Å². The molecule has 0 aromatic heterocycles. The molecule has 0 amide bonds. The number of carboxylic acids is 1. The van der Waals surface area contributed by atoms with Gasteiger partial charge in [-0.2, -0.15) is 0 Å². The van der Waals surface area contributed by atoms with Gasteiger partial charge in [0.2, 0.25) is 0 Å². The summed E-state index contributed by atoms with van der Waals surface area (Å²) >= 11 is 0. The second kappa shape index (κ2) is 16.8. The van der Waals surface area contributed by atoms with Gasteiger partial charge >= 0.3 is 5.97 Å². The maximum absolute atomic E-state index is 10.7. The zero-order valence-electron chi connectivity index (χ0n) is 14.9. The average Bonchev–Trinajstić information content (AvgIpc) is 2.54. The van der Waals surface area contributed by atoms with Crippen LogP contribution in [0, 0.1) is 5.92 Å². The highest BCUT2D eigenvalue weighted by Crippen LogP contribution is 2.07. The third-order valence-corrected chi connectivity index (χ3v) is 3.63. The summed E-state index contributed by atoms with van der Waals surface area (Å²) in [5.41, 5.74) is 0. The minimum Gasteiger partial charge on any atom is -0.481 e. The fraction of sp³-hybridized carbons (Fsp3) is 0.571. The number of rotatable bonds is 14. The van der Waals surface area contributed by atoms with Gasteiger partial charge in [-0.25, -0.2) is 0 Å². The predicted molar refractivity (Wildman–Crippen MR) is 101 cm³/mol. The minimum atomic E-state index is -0.697. The molecule has 0 heterocycles. The molecule has 2 heteroatoms. The number of aliphatic carboxylic acids is 1. The molecule has 0 aliphatic rings. The van der Waals surface area contributed by atoms with Crippen LogP contribution < -0.4 is 0 Å². The lowest BCUT2D eigenvalue weighted by Gasteiger charge is -2.01. The van der Waals surface area contributed by atoms with E-state index in [4.69, 9.17) is 5.11 Å². The van der Waals surface area contributed by atoms with Crippen LogP contribution in [-0.2, 0) is 4.79 Å². The van der Waals surface area contributed by atoms with Crippen LogP contribution in [-0.4, -0.2) is 11.1 Å².